The number of nitrogens with one attached hydrogen (secondary N) is 1. The van der Waals surface area contributed by atoms with E-state index < -0.39 is 0 Å². The van der Waals surface area contributed by atoms with E-state index in [0.29, 0.717) is 18.1 Å². The predicted octanol–water partition coefficient (Wildman–Crippen LogP) is 2.01. The fourth-order valence-electron chi connectivity index (χ4n) is 2.82. The van der Waals surface area contributed by atoms with E-state index in [4.69, 9.17) is 9.84 Å². The van der Waals surface area contributed by atoms with Crippen molar-refractivity contribution in [1.82, 2.24) is 5.32 Å². The van der Waals surface area contributed by atoms with Crippen LogP contribution in [-0.2, 0) is 11.3 Å². The summed E-state index contributed by atoms with van der Waals surface area (Å²) in [4.78, 5) is 0. The summed E-state index contributed by atoms with van der Waals surface area (Å²) >= 11 is 0. The predicted molar refractivity (Wildman–Crippen MR) is 70.2 cm³/mol. The van der Waals surface area contributed by atoms with Gasteiger partial charge in [-0.2, -0.15) is 0 Å². The summed E-state index contributed by atoms with van der Waals surface area (Å²) in [7, 11) is 0. The van der Waals surface area contributed by atoms with Gasteiger partial charge in [0, 0.05) is 13.2 Å². The maximum absolute atomic E-state index is 9.08. The molecule has 1 heterocycles. The van der Waals surface area contributed by atoms with E-state index in [0.717, 1.165) is 26.2 Å². The summed E-state index contributed by atoms with van der Waals surface area (Å²) in [5.74, 6) is 0. The minimum atomic E-state index is 0.305. The first-order valence-electron chi connectivity index (χ1n) is 6.83. The second-order valence-corrected chi connectivity index (χ2v) is 5.62. The van der Waals surface area contributed by atoms with Gasteiger partial charge in [0.25, 0.3) is 0 Å². The van der Waals surface area contributed by atoms with Crippen LogP contribution in [0.25, 0.3) is 0 Å². The van der Waals surface area contributed by atoms with E-state index in [1.807, 2.05) is 0 Å². The number of hydrogen-bond donors (Lipinski definition) is 2. The SMILES string of the molecule is OCCC1(CNC2COCc3ccccc32)CC1. The summed E-state index contributed by atoms with van der Waals surface area (Å²) in [5.41, 5.74) is 3.04. The molecule has 1 fully saturated rings. The van der Waals surface area contributed by atoms with Crippen LogP contribution in [-0.4, -0.2) is 24.9 Å². The Morgan fingerprint density at radius 3 is 2.94 bits per heavy atom. The topological polar surface area (TPSA) is 41.5 Å². The molecule has 0 amide bonds. The minimum Gasteiger partial charge on any atom is -0.396 e. The lowest BCUT2D eigenvalue weighted by atomic mass is 9.97. The molecule has 18 heavy (non-hydrogen) atoms. The van der Waals surface area contributed by atoms with Crippen molar-refractivity contribution >= 4 is 0 Å². The van der Waals surface area contributed by atoms with Crippen LogP contribution >= 0.6 is 0 Å². The van der Waals surface area contributed by atoms with E-state index in [1.165, 1.54) is 24.0 Å². The fraction of sp³-hybridized carbons (Fsp3) is 0.600. The summed E-state index contributed by atoms with van der Waals surface area (Å²) < 4.78 is 5.64. The van der Waals surface area contributed by atoms with Gasteiger partial charge in [-0.25, -0.2) is 0 Å². The Balaban J connectivity index is 1.64. The number of fused-ring (bicyclic) bond motifs is 1. The maximum atomic E-state index is 9.08. The van der Waals surface area contributed by atoms with E-state index in [1.54, 1.807) is 0 Å². The third kappa shape index (κ3) is 2.44. The highest BCUT2D eigenvalue weighted by atomic mass is 16.5. The van der Waals surface area contributed by atoms with Gasteiger partial charge >= 0.3 is 0 Å². The van der Waals surface area contributed by atoms with Crippen molar-refractivity contribution < 1.29 is 9.84 Å². The maximum Gasteiger partial charge on any atom is 0.0721 e. The first kappa shape index (κ1) is 12.2. The molecule has 3 rings (SSSR count). The molecule has 0 saturated heterocycles. The van der Waals surface area contributed by atoms with Crippen LogP contribution in [0.3, 0.4) is 0 Å². The van der Waals surface area contributed by atoms with Crippen molar-refractivity contribution in [3.05, 3.63) is 35.4 Å². The third-order valence-corrected chi connectivity index (χ3v) is 4.30. The van der Waals surface area contributed by atoms with Gasteiger partial charge in [-0.1, -0.05) is 24.3 Å². The molecule has 0 spiro atoms. The van der Waals surface area contributed by atoms with E-state index in [-0.39, 0.29) is 0 Å². The molecule has 1 aliphatic carbocycles. The number of rotatable bonds is 5. The van der Waals surface area contributed by atoms with Gasteiger partial charge in [0.1, 0.15) is 0 Å². The number of hydrogen-bond acceptors (Lipinski definition) is 3. The second-order valence-electron chi connectivity index (χ2n) is 5.62. The molecule has 0 radical (unpaired) electrons. The highest BCUT2D eigenvalue weighted by Crippen LogP contribution is 2.48. The second kappa shape index (κ2) is 5.00. The van der Waals surface area contributed by atoms with Crippen LogP contribution in [0.4, 0.5) is 0 Å². The molecule has 3 nitrogen and oxygen atoms in total. The fourth-order valence-corrected chi connectivity index (χ4v) is 2.82. The zero-order chi connectivity index (χ0) is 12.4. The number of aliphatic hydroxyl groups is 1. The Morgan fingerprint density at radius 2 is 2.17 bits per heavy atom. The van der Waals surface area contributed by atoms with Gasteiger partial charge in [0.15, 0.2) is 0 Å². The molecule has 0 bridgehead atoms. The van der Waals surface area contributed by atoms with Gasteiger partial charge in [0.05, 0.1) is 19.3 Å². The average Bonchev–Trinajstić information content (AvgIpc) is 3.17. The largest absolute Gasteiger partial charge is 0.396 e. The smallest absolute Gasteiger partial charge is 0.0721 e. The van der Waals surface area contributed by atoms with Gasteiger partial charge in [-0.05, 0) is 35.8 Å². The Hall–Kier alpha value is -0.900. The lowest BCUT2D eigenvalue weighted by Gasteiger charge is -2.28. The van der Waals surface area contributed by atoms with Crippen LogP contribution in [0, 0.1) is 5.41 Å². The zero-order valence-corrected chi connectivity index (χ0v) is 10.7. The Labute approximate surface area is 108 Å². The summed E-state index contributed by atoms with van der Waals surface area (Å²) in [6.07, 6.45) is 3.42. The highest BCUT2D eigenvalue weighted by Gasteiger charge is 2.42. The Bertz CT molecular complexity index is 415. The van der Waals surface area contributed by atoms with E-state index >= 15 is 0 Å². The summed E-state index contributed by atoms with van der Waals surface area (Å²) in [6, 6.07) is 8.81. The van der Waals surface area contributed by atoms with Crippen molar-refractivity contribution in [2.75, 3.05) is 19.8 Å². The molecule has 98 valence electrons. The van der Waals surface area contributed by atoms with E-state index in [2.05, 4.69) is 29.6 Å². The van der Waals surface area contributed by atoms with E-state index in [9.17, 15) is 0 Å². The molecule has 1 saturated carbocycles. The van der Waals surface area contributed by atoms with Crippen LogP contribution in [0.15, 0.2) is 24.3 Å². The summed E-state index contributed by atoms with van der Waals surface area (Å²) in [6.45, 7) is 2.79. The zero-order valence-electron chi connectivity index (χ0n) is 10.7. The van der Waals surface area contributed by atoms with Gasteiger partial charge in [-0.15, -0.1) is 0 Å². The van der Waals surface area contributed by atoms with Crippen LogP contribution in [0.2, 0.25) is 0 Å². The highest BCUT2D eigenvalue weighted by molar-refractivity contribution is 5.31. The summed E-state index contributed by atoms with van der Waals surface area (Å²) in [5, 5.41) is 12.7. The standard InChI is InChI=1S/C15H21NO2/c17-8-7-15(5-6-15)11-16-14-10-18-9-12-3-1-2-4-13(12)14/h1-4,14,16-17H,5-11H2. The Kier molecular flexibility index (Phi) is 3.37. The number of benzene rings is 1. The minimum absolute atomic E-state index is 0.305. The average molecular weight is 247 g/mol. The molecule has 3 heteroatoms. The molecular weight excluding hydrogens is 226 g/mol. The van der Waals surface area contributed by atoms with Gasteiger partial charge in [-0.3, -0.25) is 0 Å². The number of ether oxygens (including phenoxy) is 1. The van der Waals surface area contributed by atoms with Crippen molar-refractivity contribution in [2.45, 2.75) is 31.9 Å². The number of aliphatic hydroxyl groups excluding tert-OH is 1. The molecule has 1 aliphatic heterocycles. The van der Waals surface area contributed by atoms with Gasteiger partial charge in [0.2, 0.25) is 0 Å². The third-order valence-electron chi connectivity index (χ3n) is 4.30. The first-order chi connectivity index (χ1) is 8.83. The first-order valence-corrected chi connectivity index (χ1v) is 6.83. The lowest BCUT2D eigenvalue weighted by Crippen LogP contribution is -2.34. The van der Waals surface area contributed by atoms with Gasteiger partial charge < -0.3 is 15.2 Å². The monoisotopic (exact) mass is 247 g/mol. The quantitative estimate of drug-likeness (QED) is 0.836. The van der Waals surface area contributed by atoms with Crippen molar-refractivity contribution in [3.63, 3.8) is 0 Å². The normalized spacial score (nSPS) is 24.6. The lowest BCUT2D eigenvalue weighted by molar-refractivity contribution is 0.0797. The van der Waals surface area contributed by atoms with Crippen molar-refractivity contribution in [2.24, 2.45) is 5.41 Å². The molecule has 1 aromatic carbocycles. The molecular formula is C15H21NO2. The van der Waals surface area contributed by atoms with Crippen molar-refractivity contribution in [3.8, 4) is 0 Å². The molecule has 1 atom stereocenters. The molecule has 2 N–H and O–H groups in total. The molecule has 1 aromatic rings. The van der Waals surface area contributed by atoms with Crippen LogP contribution < -0.4 is 5.32 Å². The van der Waals surface area contributed by atoms with Crippen LogP contribution in [0.1, 0.15) is 36.4 Å². The molecule has 0 aromatic heterocycles. The Morgan fingerprint density at radius 1 is 1.33 bits per heavy atom. The van der Waals surface area contributed by atoms with Crippen molar-refractivity contribution in [1.29, 1.82) is 0 Å². The molecule has 2 aliphatic rings. The van der Waals surface area contributed by atoms with Crippen LogP contribution in [0.5, 0.6) is 0 Å². The molecule has 1 unspecified atom stereocenters.